The third kappa shape index (κ3) is 4.57. The van der Waals surface area contributed by atoms with E-state index in [-0.39, 0.29) is 18.4 Å². The Morgan fingerprint density at radius 3 is 2.68 bits per heavy atom. The molecule has 3 rings (SSSR count). The van der Waals surface area contributed by atoms with E-state index < -0.39 is 0 Å². The van der Waals surface area contributed by atoms with Gasteiger partial charge in [0.1, 0.15) is 0 Å². The van der Waals surface area contributed by atoms with Crippen LogP contribution >= 0.6 is 11.6 Å². The fourth-order valence-electron chi connectivity index (χ4n) is 2.92. The summed E-state index contributed by atoms with van der Waals surface area (Å²) >= 11 is 6.26. The third-order valence-electron chi connectivity index (χ3n) is 4.44. The third-order valence-corrected chi connectivity index (χ3v) is 4.72. The molecule has 2 amide bonds. The van der Waals surface area contributed by atoms with Crippen LogP contribution in [0.5, 0.6) is 11.5 Å². The number of fused-ring (bicyclic) bond motifs is 1. The van der Waals surface area contributed by atoms with Crippen molar-refractivity contribution in [3.8, 4) is 11.5 Å². The molecule has 0 radical (unpaired) electrons. The summed E-state index contributed by atoms with van der Waals surface area (Å²) in [7, 11) is 1.57. The highest BCUT2D eigenvalue weighted by atomic mass is 35.5. The van der Waals surface area contributed by atoms with Gasteiger partial charge in [0.15, 0.2) is 11.5 Å². The molecule has 1 heterocycles. The summed E-state index contributed by atoms with van der Waals surface area (Å²) in [6.45, 7) is 4.80. The molecule has 6 nitrogen and oxygen atoms in total. The molecule has 148 valence electrons. The quantitative estimate of drug-likeness (QED) is 0.843. The van der Waals surface area contributed by atoms with E-state index in [9.17, 15) is 9.59 Å². The Kier molecular flexibility index (Phi) is 6.09. The molecule has 0 atom stereocenters. The highest BCUT2D eigenvalue weighted by molar-refractivity contribution is 6.32. The lowest BCUT2D eigenvalue weighted by Gasteiger charge is -2.19. The molecule has 1 N–H and O–H groups in total. The smallest absolute Gasteiger partial charge is 0.254 e. The van der Waals surface area contributed by atoms with E-state index in [1.54, 1.807) is 13.1 Å². The van der Waals surface area contributed by atoms with Crippen molar-refractivity contribution < 1.29 is 19.1 Å². The fourth-order valence-corrected chi connectivity index (χ4v) is 3.19. The average Bonchev–Trinajstić information content (AvgIpc) is 2.89. The van der Waals surface area contributed by atoms with Crippen LogP contribution in [-0.4, -0.2) is 43.5 Å². The summed E-state index contributed by atoms with van der Waals surface area (Å²) in [5.74, 6) is 0.297. The van der Waals surface area contributed by atoms with Crippen molar-refractivity contribution in [1.82, 2.24) is 4.90 Å². The molecule has 1 aliphatic heterocycles. The largest absolute Gasteiger partial charge is 0.489 e. The van der Waals surface area contributed by atoms with Crippen LogP contribution in [-0.2, 0) is 4.79 Å². The molecule has 0 aromatic heterocycles. The molecule has 0 fully saturated rings. The molecule has 0 saturated heterocycles. The number of ether oxygens (including phenoxy) is 2. The van der Waals surface area contributed by atoms with E-state index in [1.165, 1.54) is 11.0 Å². The lowest BCUT2D eigenvalue weighted by Crippen LogP contribution is -2.35. The van der Waals surface area contributed by atoms with Crippen LogP contribution in [0.4, 0.5) is 5.69 Å². The van der Waals surface area contributed by atoms with Crippen molar-refractivity contribution in [3.05, 3.63) is 52.0 Å². The minimum Gasteiger partial charge on any atom is -0.489 e. The van der Waals surface area contributed by atoms with Crippen LogP contribution in [0, 0.1) is 13.8 Å². The van der Waals surface area contributed by atoms with Crippen LogP contribution in [0.1, 0.15) is 27.9 Å². The zero-order valence-corrected chi connectivity index (χ0v) is 16.9. The number of rotatable bonds is 4. The molecular formula is C21H23ClN2O4. The Morgan fingerprint density at radius 2 is 1.89 bits per heavy atom. The second kappa shape index (κ2) is 8.52. The first-order chi connectivity index (χ1) is 13.3. The van der Waals surface area contributed by atoms with Crippen molar-refractivity contribution in [2.75, 3.05) is 32.1 Å². The first-order valence-electron chi connectivity index (χ1n) is 9.07. The van der Waals surface area contributed by atoms with Gasteiger partial charge in [-0.15, -0.1) is 0 Å². The molecule has 0 bridgehead atoms. The number of amides is 2. The second-order valence-corrected chi connectivity index (χ2v) is 7.27. The Balaban J connectivity index is 1.70. The van der Waals surface area contributed by atoms with Crippen LogP contribution < -0.4 is 14.8 Å². The summed E-state index contributed by atoms with van der Waals surface area (Å²) in [5.41, 5.74) is 3.09. The Morgan fingerprint density at radius 1 is 1.14 bits per heavy atom. The Labute approximate surface area is 169 Å². The van der Waals surface area contributed by atoms with Crippen molar-refractivity contribution in [3.63, 3.8) is 0 Å². The zero-order valence-electron chi connectivity index (χ0n) is 16.2. The Hall–Kier alpha value is -2.73. The molecule has 0 spiro atoms. The van der Waals surface area contributed by atoms with Crippen molar-refractivity contribution in [1.29, 1.82) is 0 Å². The normalized spacial score (nSPS) is 12.9. The van der Waals surface area contributed by atoms with Gasteiger partial charge in [-0.05, 0) is 43.2 Å². The van der Waals surface area contributed by atoms with Crippen molar-refractivity contribution in [2.24, 2.45) is 0 Å². The van der Waals surface area contributed by atoms with E-state index in [1.807, 2.05) is 32.0 Å². The van der Waals surface area contributed by atoms with Gasteiger partial charge in [-0.1, -0.05) is 23.7 Å². The summed E-state index contributed by atoms with van der Waals surface area (Å²) < 4.78 is 11.2. The minimum atomic E-state index is -0.325. The number of hydrogen-bond donors (Lipinski definition) is 1. The van der Waals surface area contributed by atoms with Crippen molar-refractivity contribution >= 4 is 29.1 Å². The number of benzene rings is 2. The highest BCUT2D eigenvalue weighted by Gasteiger charge is 2.21. The first kappa shape index (κ1) is 20.0. The standard InChI is InChI=1S/C21H23ClN2O4/c1-13-5-6-14(2)17(9-13)23-19(25)12-24(3)21(26)15-10-16(22)20-18(11-15)27-7-4-8-28-20/h5-6,9-11H,4,7-8,12H2,1-3H3,(H,23,25). The number of halogens is 1. The van der Waals surface area contributed by atoms with Gasteiger partial charge in [0, 0.05) is 24.7 Å². The molecule has 0 saturated carbocycles. The molecular weight excluding hydrogens is 380 g/mol. The van der Waals surface area contributed by atoms with Gasteiger partial charge in [-0.3, -0.25) is 9.59 Å². The SMILES string of the molecule is Cc1ccc(C)c(NC(=O)CN(C)C(=O)c2cc(Cl)c3c(c2)OCCCO3)c1. The summed E-state index contributed by atoms with van der Waals surface area (Å²) in [6, 6.07) is 8.97. The molecule has 2 aromatic rings. The maximum Gasteiger partial charge on any atom is 0.254 e. The number of likely N-dealkylation sites (N-methyl/N-ethyl adjacent to an activating group) is 1. The van der Waals surface area contributed by atoms with Gasteiger partial charge in [0.2, 0.25) is 5.91 Å². The molecule has 7 heteroatoms. The average molecular weight is 403 g/mol. The number of hydrogen-bond acceptors (Lipinski definition) is 4. The monoisotopic (exact) mass is 402 g/mol. The van der Waals surface area contributed by atoms with Gasteiger partial charge in [-0.2, -0.15) is 0 Å². The highest BCUT2D eigenvalue weighted by Crippen LogP contribution is 2.38. The van der Waals surface area contributed by atoms with E-state index >= 15 is 0 Å². The van der Waals surface area contributed by atoms with Crippen LogP contribution in [0.2, 0.25) is 5.02 Å². The van der Waals surface area contributed by atoms with Crippen molar-refractivity contribution in [2.45, 2.75) is 20.3 Å². The zero-order chi connectivity index (χ0) is 20.3. The minimum absolute atomic E-state index is 0.0850. The number of aryl methyl sites for hydroxylation is 2. The summed E-state index contributed by atoms with van der Waals surface area (Å²) in [6.07, 6.45) is 0.743. The van der Waals surface area contributed by atoms with E-state index in [2.05, 4.69) is 5.32 Å². The number of nitrogens with one attached hydrogen (secondary N) is 1. The van der Waals surface area contributed by atoms with Crippen LogP contribution in [0.25, 0.3) is 0 Å². The molecule has 1 aliphatic rings. The van der Waals surface area contributed by atoms with Gasteiger partial charge in [0.05, 0.1) is 24.8 Å². The number of carbonyl (C=O) groups is 2. The van der Waals surface area contributed by atoms with E-state index in [0.29, 0.717) is 35.3 Å². The van der Waals surface area contributed by atoms with Crippen LogP contribution in [0.3, 0.4) is 0 Å². The molecule has 2 aromatic carbocycles. The van der Waals surface area contributed by atoms with Gasteiger partial charge >= 0.3 is 0 Å². The maximum atomic E-state index is 12.8. The predicted octanol–water partition coefficient (Wildman–Crippen LogP) is 3.83. The van der Waals surface area contributed by atoms with Gasteiger partial charge in [0.25, 0.3) is 5.91 Å². The van der Waals surface area contributed by atoms with Crippen LogP contribution in [0.15, 0.2) is 30.3 Å². The first-order valence-corrected chi connectivity index (χ1v) is 9.44. The number of anilines is 1. The molecule has 0 aliphatic carbocycles. The predicted molar refractivity (Wildman–Crippen MR) is 109 cm³/mol. The molecule has 0 unspecified atom stereocenters. The number of nitrogens with zero attached hydrogens (tertiary/aromatic N) is 1. The van der Waals surface area contributed by atoms with E-state index in [0.717, 1.165) is 23.2 Å². The topological polar surface area (TPSA) is 67.9 Å². The maximum absolute atomic E-state index is 12.8. The van der Waals surface area contributed by atoms with E-state index in [4.69, 9.17) is 21.1 Å². The van der Waals surface area contributed by atoms with Gasteiger partial charge < -0.3 is 19.7 Å². The second-order valence-electron chi connectivity index (χ2n) is 6.86. The lowest BCUT2D eigenvalue weighted by molar-refractivity contribution is -0.116. The lowest BCUT2D eigenvalue weighted by atomic mass is 10.1. The number of carbonyl (C=O) groups excluding carboxylic acids is 2. The van der Waals surface area contributed by atoms with Gasteiger partial charge in [-0.25, -0.2) is 0 Å². The summed E-state index contributed by atoms with van der Waals surface area (Å²) in [4.78, 5) is 26.5. The summed E-state index contributed by atoms with van der Waals surface area (Å²) in [5, 5.41) is 3.17. The Bertz CT molecular complexity index is 914. The fraction of sp³-hybridized carbons (Fsp3) is 0.333. The molecule has 28 heavy (non-hydrogen) atoms.